The number of carbonyl (C=O) groups excluding carboxylic acids is 2. The number of pyridine rings is 1. The Morgan fingerprint density at radius 2 is 1.95 bits per heavy atom. The molecule has 21 heavy (non-hydrogen) atoms. The summed E-state index contributed by atoms with van der Waals surface area (Å²) in [6, 6.07) is 0. The van der Waals surface area contributed by atoms with Crippen molar-refractivity contribution in [1.82, 2.24) is 4.98 Å². The summed E-state index contributed by atoms with van der Waals surface area (Å²) in [6.07, 6.45) is 1.43. The van der Waals surface area contributed by atoms with E-state index in [0.717, 1.165) is 6.20 Å². The summed E-state index contributed by atoms with van der Waals surface area (Å²) < 4.78 is 5.66. The molecule has 0 saturated heterocycles. The maximum Gasteiger partial charge on any atom is 0.225 e. The van der Waals surface area contributed by atoms with Crippen molar-refractivity contribution in [2.45, 2.75) is 46.6 Å². The number of aromatic hydroxyl groups is 1. The van der Waals surface area contributed by atoms with E-state index in [4.69, 9.17) is 4.74 Å². The number of rotatable bonds is 4. The van der Waals surface area contributed by atoms with Gasteiger partial charge in [-0.15, -0.1) is 0 Å². The molecule has 0 aliphatic heterocycles. The standard InChI is InChI=1S/C14H21N3O4/c1-6-10(20)17-13-11(16-8(2)18)12(9(19)7-15-13)21-14(3,4)5/h7,19H,6H2,1-5H3,(H,16,18)(H,15,17,20). The molecule has 0 bridgehead atoms. The number of aromatic nitrogens is 1. The topological polar surface area (TPSA) is 101 Å². The number of hydrogen-bond donors (Lipinski definition) is 3. The lowest BCUT2D eigenvalue weighted by Crippen LogP contribution is -2.25. The lowest BCUT2D eigenvalue weighted by Gasteiger charge is -2.24. The Morgan fingerprint density at radius 3 is 2.43 bits per heavy atom. The summed E-state index contributed by atoms with van der Waals surface area (Å²) >= 11 is 0. The normalized spacial score (nSPS) is 10.9. The zero-order valence-corrected chi connectivity index (χ0v) is 12.9. The van der Waals surface area contributed by atoms with Crippen LogP contribution in [0, 0.1) is 0 Å². The SMILES string of the molecule is CCC(=O)Nc1ncc(O)c(OC(C)(C)C)c1NC(C)=O. The molecule has 0 aromatic carbocycles. The van der Waals surface area contributed by atoms with E-state index in [0.29, 0.717) is 0 Å². The number of anilines is 2. The highest BCUT2D eigenvalue weighted by Crippen LogP contribution is 2.40. The van der Waals surface area contributed by atoms with Gasteiger partial charge in [0.2, 0.25) is 11.8 Å². The molecular formula is C14H21N3O4. The first-order valence-corrected chi connectivity index (χ1v) is 6.62. The van der Waals surface area contributed by atoms with Crippen molar-refractivity contribution < 1.29 is 19.4 Å². The van der Waals surface area contributed by atoms with Gasteiger partial charge in [-0.2, -0.15) is 0 Å². The van der Waals surface area contributed by atoms with Gasteiger partial charge in [-0.1, -0.05) is 6.92 Å². The summed E-state index contributed by atoms with van der Waals surface area (Å²) in [7, 11) is 0. The van der Waals surface area contributed by atoms with Crippen LogP contribution in [0.25, 0.3) is 0 Å². The van der Waals surface area contributed by atoms with Crippen LogP contribution in [0.4, 0.5) is 11.5 Å². The molecule has 0 saturated carbocycles. The van der Waals surface area contributed by atoms with Crippen LogP contribution in [-0.4, -0.2) is 27.5 Å². The first kappa shape index (κ1) is 16.7. The first-order valence-electron chi connectivity index (χ1n) is 6.62. The van der Waals surface area contributed by atoms with Crippen molar-refractivity contribution in [2.24, 2.45) is 0 Å². The van der Waals surface area contributed by atoms with Gasteiger partial charge in [0.25, 0.3) is 0 Å². The number of hydrogen-bond acceptors (Lipinski definition) is 5. The van der Waals surface area contributed by atoms with E-state index in [2.05, 4.69) is 15.6 Å². The molecular weight excluding hydrogens is 274 g/mol. The van der Waals surface area contributed by atoms with Crippen LogP contribution in [0.5, 0.6) is 11.5 Å². The van der Waals surface area contributed by atoms with Crippen molar-refractivity contribution >= 4 is 23.3 Å². The smallest absolute Gasteiger partial charge is 0.225 e. The summed E-state index contributed by atoms with van der Waals surface area (Å²) in [5.41, 5.74) is -0.461. The molecule has 0 aliphatic carbocycles. The van der Waals surface area contributed by atoms with Gasteiger partial charge in [-0.05, 0) is 20.8 Å². The molecule has 0 radical (unpaired) electrons. The average Bonchev–Trinajstić information content (AvgIpc) is 2.35. The fourth-order valence-corrected chi connectivity index (χ4v) is 1.50. The number of nitrogens with zero attached hydrogens (tertiary/aromatic N) is 1. The van der Waals surface area contributed by atoms with Gasteiger partial charge >= 0.3 is 0 Å². The van der Waals surface area contributed by atoms with Gasteiger partial charge in [0, 0.05) is 13.3 Å². The molecule has 7 nitrogen and oxygen atoms in total. The number of amides is 2. The van der Waals surface area contributed by atoms with Crippen molar-refractivity contribution in [1.29, 1.82) is 0 Å². The van der Waals surface area contributed by atoms with Gasteiger partial charge in [0.15, 0.2) is 17.3 Å². The Morgan fingerprint density at radius 1 is 1.33 bits per heavy atom. The first-order chi connectivity index (χ1) is 9.64. The number of carbonyl (C=O) groups is 2. The van der Waals surface area contributed by atoms with Crippen LogP contribution in [-0.2, 0) is 9.59 Å². The van der Waals surface area contributed by atoms with E-state index in [1.165, 1.54) is 6.92 Å². The lowest BCUT2D eigenvalue weighted by molar-refractivity contribution is -0.116. The second kappa shape index (κ2) is 6.43. The molecule has 0 aliphatic rings. The van der Waals surface area contributed by atoms with Crippen molar-refractivity contribution in [3.05, 3.63) is 6.20 Å². The highest BCUT2D eigenvalue weighted by molar-refractivity contribution is 5.99. The summed E-state index contributed by atoms with van der Waals surface area (Å²) in [6.45, 7) is 8.41. The van der Waals surface area contributed by atoms with Gasteiger partial charge in [-0.3, -0.25) is 9.59 Å². The van der Waals surface area contributed by atoms with Gasteiger partial charge in [0.05, 0.1) is 6.20 Å². The minimum absolute atomic E-state index is 0.0686. The van der Waals surface area contributed by atoms with E-state index in [1.807, 2.05) is 0 Å². The van der Waals surface area contributed by atoms with Crippen LogP contribution in [0.15, 0.2) is 6.20 Å². The van der Waals surface area contributed by atoms with Crippen LogP contribution in [0.1, 0.15) is 41.0 Å². The van der Waals surface area contributed by atoms with E-state index < -0.39 is 5.60 Å². The minimum Gasteiger partial charge on any atom is -0.503 e. The molecule has 1 heterocycles. The van der Waals surface area contributed by atoms with Crippen LogP contribution >= 0.6 is 0 Å². The number of nitrogens with one attached hydrogen (secondary N) is 2. The van der Waals surface area contributed by atoms with Gasteiger partial charge < -0.3 is 20.5 Å². The fraction of sp³-hybridized carbons (Fsp3) is 0.500. The Bertz CT molecular complexity index is 550. The Balaban J connectivity index is 3.34. The second-order valence-corrected chi connectivity index (χ2v) is 5.49. The molecule has 3 N–H and O–H groups in total. The monoisotopic (exact) mass is 295 g/mol. The van der Waals surface area contributed by atoms with Gasteiger partial charge in [0.1, 0.15) is 11.3 Å². The van der Waals surface area contributed by atoms with Crippen molar-refractivity contribution in [3.63, 3.8) is 0 Å². The molecule has 1 aromatic rings. The molecule has 0 unspecified atom stereocenters. The minimum atomic E-state index is -0.599. The third kappa shape index (κ3) is 4.94. The van der Waals surface area contributed by atoms with Crippen LogP contribution in [0.2, 0.25) is 0 Å². The van der Waals surface area contributed by atoms with E-state index in [-0.39, 0.29) is 41.2 Å². The molecule has 0 fully saturated rings. The number of ether oxygens (including phenoxy) is 1. The maximum absolute atomic E-state index is 11.5. The third-order valence-corrected chi connectivity index (χ3v) is 2.30. The summed E-state index contributed by atoms with van der Waals surface area (Å²) in [5.74, 6) is -0.647. The second-order valence-electron chi connectivity index (χ2n) is 5.49. The lowest BCUT2D eigenvalue weighted by atomic mass is 10.2. The molecule has 1 aromatic heterocycles. The molecule has 0 spiro atoms. The fourth-order valence-electron chi connectivity index (χ4n) is 1.50. The van der Waals surface area contributed by atoms with Crippen molar-refractivity contribution in [3.8, 4) is 11.5 Å². The molecule has 1 rings (SSSR count). The van der Waals surface area contributed by atoms with Crippen molar-refractivity contribution in [2.75, 3.05) is 10.6 Å². The quantitative estimate of drug-likeness (QED) is 0.791. The molecule has 0 atom stereocenters. The zero-order chi connectivity index (χ0) is 16.2. The van der Waals surface area contributed by atoms with Crippen LogP contribution < -0.4 is 15.4 Å². The molecule has 116 valence electrons. The zero-order valence-electron chi connectivity index (χ0n) is 12.9. The largest absolute Gasteiger partial charge is 0.503 e. The Hall–Kier alpha value is -2.31. The van der Waals surface area contributed by atoms with E-state index in [9.17, 15) is 14.7 Å². The average molecular weight is 295 g/mol. The Kier molecular flexibility index (Phi) is 5.12. The van der Waals surface area contributed by atoms with Crippen LogP contribution in [0.3, 0.4) is 0 Å². The molecule has 2 amide bonds. The highest BCUT2D eigenvalue weighted by atomic mass is 16.5. The van der Waals surface area contributed by atoms with Gasteiger partial charge in [-0.25, -0.2) is 4.98 Å². The highest BCUT2D eigenvalue weighted by Gasteiger charge is 2.23. The third-order valence-electron chi connectivity index (χ3n) is 2.30. The Labute approximate surface area is 123 Å². The maximum atomic E-state index is 11.5. The predicted molar refractivity (Wildman–Crippen MR) is 79.5 cm³/mol. The van der Waals surface area contributed by atoms with E-state index >= 15 is 0 Å². The summed E-state index contributed by atoms with van der Waals surface area (Å²) in [4.78, 5) is 26.8. The predicted octanol–water partition coefficient (Wildman–Crippen LogP) is 2.27. The summed E-state index contributed by atoms with van der Waals surface area (Å²) in [5, 5.41) is 15.0. The molecule has 7 heteroatoms. The van der Waals surface area contributed by atoms with E-state index in [1.54, 1.807) is 27.7 Å².